The predicted molar refractivity (Wildman–Crippen MR) is 71.1 cm³/mol. The lowest BCUT2D eigenvalue weighted by atomic mass is 9.92. The van der Waals surface area contributed by atoms with Crippen LogP contribution < -0.4 is 0 Å². The highest BCUT2D eigenvalue weighted by Gasteiger charge is 2.34. The average Bonchev–Trinajstić information content (AvgIpc) is 2.28. The minimum Gasteiger partial charge on any atom is -0.166 e. The summed E-state index contributed by atoms with van der Waals surface area (Å²) in [6.07, 6.45) is -4.34. The van der Waals surface area contributed by atoms with Crippen LogP contribution in [0.3, 0.4) is 0 Å². The summed E-state index contributed by atoms with van der Waals surface area (Å²) in [6, 6.07) is 10.1. The normalized spacial score (nSPS) is 11.7. The molecule has 100 valence electrons. The molecular formula is C16H15F3. The Bertz CT molecular complexity index is 593. The third kappa shape index (κ3) is 2.80. The average molecular weight is 264 g/mol. The van der Waals surface area contributed by atoms with Crippen molar-refractivity contribution in [1.82, 2.24) is 0 Å². The summed E-state index contributed by atoms with van der Waals surface area (Å²) in [5.41, 5.74) is 2.63. The van der Waals surface area contributed by atoms with E-state index in [0.717, 1.165) is 5.56 Å². The molecule has 0 nitrogen and oxygen atoms in total. The highest BCUT2D eigenvalue weighted by atomic mass is 19.4. The molecule has 2 rings (SSSR count). The van der Waals surface area contributed by atoms with E-state index in [2.05, 4.69) is 0 Å². The Balaban J connectivity index is 2.71. The van der Waals surface area contributed by atoms with Crippen LogP contribution in [-0.4, -0.2) is 0 Å². The summed E-state index contributed by atoms with van der Waals surface area (Å²) in [5.74, 6) is 0. The SMILES string of the molecule is Cc1ccc(-c2c(C)cc(C)cc2C(F)(F)F)cc1. The van der Waals surface area contributed by atoms with Crippen molar-refractivity contribution in [3.8, 4) is 11.1 Å². The van der Waals surface area contributed by atoms with Crippen molar-refractivity contribution in [3.05, 3.63) is 58.7 Å². The Hall–Kier alpha value is -1.77. The summed E-state index contributed by atoms with van der Waals surface area (Å²) in [6.45, 7) is 5.31. The quantitative estimate of drug-likeness (QED) is 0.655. The zero-order chi connectivity index (χ0) is 14.2. The first kappa shape index (κ1) is 13.7. The maximum atomic E-state index is 13.2. The van der Waals surface area contributed by atoms with Gasteiger partial charge in [0.15, 0.2) is 0 Å². The van der Waals surface area contributed by atoms with Crippen LogP contribution in [0.5, 0.6) is 0 Å². The fourth-order valence-electron chi connectivity index (χ4n) is 2.29. The largest absolute Gasteiger partial charge is 0.417 e. The van der Waals surface area contributed by atoms with Crippen LogP contribution in [-0.2, 0) is 6.18 Å². The lowest BCUT2D eigenvalue weighted by Gasteiger charge is -2.17. The third-order valence-corrected chi connectivity index (χ3v) is 3.13. The molecule has 0 aliphatic carbocycles. The monoisotopic (exact) mass is 264 g/mol. The van der Waals surface area contributed by atoms with Crippen molar-refractivity contribution < 1.29 is 13.2 Å². The van der Waals surface area contributed by atoms with Gasteiger partial charge in [0, 0.05) is 0 Å². The second-order valence-corrected chi connectivity index (χ2v) is 4.87. The minimum absolute atomic E-state index is 0.276. The fourth-order valence-corrected chi connectivity index (χ4v) is 2.29. The van der Waals surface area contributed by atoms with E-state index in [0.29, 0.717) is 16.7 Å². The van der Waals surface area contributed by atoms with Crippen molar-refractivity contribution in [3.63, 3.8) is 0 Å². The van der Waals surface area contributed by atoms with E-state index in [9.17, 15) is 13.2 Å². The summed E-state index contributed by atoms with van der Waals surface area (Å²) >= 11 is 0. The van der Waals surface area contributed by atoms with Gasteiger partial charge in [-0.1, -0.05) is 41.5 Å². The van der Waals surface area contributed by atoms with Crippen molar-refractivity contribution in [1.29, 1.82) is 0 Å². The number of alkyl halides is 3. The standard InChI is InChI=1S/C16H15F3/c1-10-4-6-13(7-5-10)15-12(3)8-11(2)9-14(15)16(17,18)19/h4-9H,1-3H3. The number of benzene rings is 2. The van der Waals surface area contributed by atoms with Gasteiger partial charge in [-0.2, -0.15) is 13.2 Å². The Morgan fingerprint density at radius 3 is 1.89 bits per heavy atom. The van der Waals surface area contributed by atoms with E-state index in [1.54, 1.807) is 32.0 Å². The Morgan fingerprint density at radius 1 is 0.789 bits per heavy atom. The second-order valence-electron chi connectivity index (χ2n) is 4.87. The van der Waals surface area contributed by atoms with Crippen LogP contribution in [0.1, 0.15) is 22.3 Å². The Morgan fingerprint density at radius 2 is 1.37 bits per heavy atom. The molecule has 0 saturated carbocycles. The molecule has 0 saturated heterocycles. The summed E-state index contributed by atoms with van der Waals surface area (Å²) in [7, 11) is 0. The van der Waals surface area contributed by atoms with Gasteiger partial charge in [-0.25, -0.2) is 0 Å². The first-order valence-corrected chi connectivity index (χ1v) is 6.04. The molecular weight excluding hydrogens is 249 g/mol. The lowest BCUT2D eigenvalue weighted by molar-refractivity contribution is -0.137. The molecule has 2 aromatic rings. The van der Waals surface area contributed by atoms with Gasteiger partial charge in [0.2, 0.25) is 0 Å². The van der Waals surface area contributed by atoms with E-state index in [4.69, 9.17) is 0 Å². The number of hydrogen-bond acceptors (Lipinski definition) is 0. The molecule has 0 N–H and O–H groups in total. The first-order chi connectivity index (χ1) is 8.79. The number of rotatable bonds is 1. The van der Waals surface area contributed by atoms with E-state index >= 15 is 0 Å². The maximum absolute atomic E-state index is 13.2. The van der Waals surface area contributed by atoms with E-state index < -0.39 is 11.7 Å². The Labute approximate surface area is 110 Å². The molecule has 0 aliphatic heterocycles. The van der Waals surface area contributed by atoms with Crippen LogP contribution in [0.4, 0.5) is 13.2 Å². The molecule has 0 unspecified atom stereocenters. The van der Waals surface area contributed by atoms with Gasteiger partial charge in [0.05, 0.1) is 5.56 Å². The van der Waals surface area contributed by atoms with Gasteiger partial charge >= 0.3 is 6.18 Å². The molecule has 0 atom stereocenters. The van der Waals surface area contributed by atoms with Crippen molar-refractivity contribution in [2.45, 2.75) is 26.9 Å². The summed E-state index contributed by atoms with van der Waals surface area (Å²) in [4.78, 5) is 0. The second kappa shape index (κ2) is 4.72. The molecule has 0 fully saturated rings. The number of halogens is 3. The molecule has 0 aromatic heterocycles. The van der Waals surface area contributed by atoms with E-state index in [-0.39, 0.29) is 5.56 Å². The highest BCUT2D eigenvalue weighted by Crippen LogP contribution is 2.39. The summed E-state index contributed by atoms with van der Waals surface area (Å²) < 4.78 is 39.5. The van der Waals surface area contributed by atoms with Crippen molar-refractivity contribution in [2.24, 2.45) is 0 Å². The molecule has 0 amide bonds. The van der Waals surface area contributed by atoms with E-state index in [1.165, 1.54) is 6.07 Å². The summed E-state index contributed by atoms with van der Waals surface area (Å²) in [5, 5.41) is 0. The number of hydrogen-bond donors (Lipinski definition) is 0. The third-order valence-electron chi connectivity index (χ3n) is 3.13. The van der Waals surface area contributed by atoms with E-state index in [1.807, 2.05) is 19.1 Å². The molecule has 0 heterocycles. The van der Waals surface area contributed by atoms with Crippen molar-refractivity contribution in [2.75, 3.05) is 0 Å². The smallest absolute Gasteiger partial charge is 0.166 e. The lowest BCUT2D eigenvalue weighted by Crippen LogP contribution is -2.09. The van der Waals surface area contributed by atoms with Gasteiger partial charge in [-0.3, -0.25) is 0 Å². The molecule has 0 spiro atoms. The van der Waals surface area contributed by atoms with Gasteiger partial charge < -0.3 is 0 Å². The van der Waals surface area contributed by atoms with Crippen LogP contribution in [0.2, 0.25) is 0 Å². The predicted octanol–water partition coefficient (Wildman–Crippen LogP) is 5.30. The molecule has 0 bridgehead atoms. The van der Waals surface area contributed by atoms with Crippen molar-refractivity contribution >= 4 is 0 Å². The van der Waals surface area contributed by atoms with Gasteiger partial charge in [-0.05, 0) is 43.5 Å². The van der Waals surface area contributed by atoms with Crippen LogP contribution in [0.15, 0.2) is 36.4 Å². The van der Waals surface area contributed by atoms with Gasteiger partial charge in [0.1, 0.15) is 0 Å². The molecule has 0 radical (unpaired) electrons. The molecule has 0 aliphatic rings. The fraction of sp³-hybridized carbons (Fsp3) is 0.250. The molecule has 3 heteroatoms. The minimum atomic E-state index is -4.34. The Kier molecular flexibility index (Phi) is 3.40. The van der Waals surface area contributed by atoms with Gasteiger partial charge in [-0.15, -0.1) is 0 Å². The molecule has 2 aromatic carbocycles. The van der Waals surface area contributed by atoms with Gasteiger partial charge in [0.25, 0.3) is 0 Å². The zero-order valence-corrected chi connectivity index (χ0v) is 11.1. The molecule has 19 heavy (non-hydrogen) atoms. The van der Waals surface area contributed by atoms with Crippen LogP contribution in [0.25, 0.3) is 11.1 Å². The first-order valence-electron chi connectivity index (χ1n) is 6.04. The highest BCUT2D eigenvalue weighted by molar-refractivity contribution is 5.72. The maximum Gasteiger partial charge on any atom is 0.417 e. The zero-order valence-electron chi connectivity index (χ0n) is 11.1. The van der Waals surface area contributed by atoms with Crippen LogP contribution in [0, 0.1) is 20.8 Å². The topological polar surface area (TPSA) is 0 Å². The van der Waals surface area contributed by atoms with Crippen LogP contribution >= 0.6 is 0 Å². The number of aryl methyl sites for hydroxylation is 3.